The highest BCUT2D eigenvalue weighted by Crippen LogP contribution is 2.22. The van der Waals surface area contributed by atoms with E-state index in [0.29, 0.717) is 17.9 Å². The van der Waals surface area contributed by atoms with Crippen molar-refractivity contribution in [2.75, 3.05) is 13.1 Å². The fourth-order valence-electron chi connectivity index (χ4n) is 2.50. The second-order valence-electron chi connectivity index (χ2n) is 6.01. The van der Waals surface area contributed by atoms with Crippen LogP contribution in [0.3, 0.4) is 0 Å². The maximum absolute atomic E-state index is 8.89. The maximum atomic E-state index is 8.89. The SMILES string of the molecule is CC(C)CN(CC(C)C)C1C=CC(C#N)CC1. The molecule has 0 aromatic heterocycles. The van der Waals surface area contributed by atoms with Gasteiger partial charge in [0, 0.05) is 19.1 Å². The summed E-state index contributed by atoms with van der Waals surface area (Å²) in [6, 6.07) is 2.89. The van der Waals surface area contributed by atoms with Gasteiger partial charge in [0.05, 0.1) is 12.0 Å². The lowest BCUT2D eigenvalue weighted by molar-refractivity contribution is 0.169. The van der Waals surface area contributed by atoms with E-state index in [1.165, 1.54) is 0 Å². The number of hydrogen-bond acceptors (Lipinski definition) is 2. The molecule has 0 aliphatic heterocycles. The topological polar surface area (TPSA) is 27.0 Å². The molecule has 2 unspecified atom stereocenters. The summed E-state index contributed by atoms with van der Waals surface area (Å²) in [7, 11) is 0. The van der Waals surface area contributed by atoms with E-state index >= 15 is 0 Å². The first-order valence-electron chi connectivity index (χ1n) is 6.85. The third kappa shape index (κ3) is 4.91. The minimum atomic E-state index is 0.145. The largest absolute Gasteiger partial charge is 0.296 e. The summed E-state index contributed by atoms with van der Waals surface area (Å²) in [5.74, 6) is 1.55. The van der Waals surface area contributed by atoms with Gasteiger partial charge in [0.15, 0.2) is 0 Å². The fraction of sp³-hybridized carbons (Fsp3) is 0.800. The molecule has 1 rings (SSSR count). The molecule has 17 heavy (non-hydrogen) atoms. The molecule has 0 radical (unpaired) electrons. The molecule has 0 saturated heterocycles. The van der Waals surface area contributed by atoms with Crippen molar-refractivity contribution >= 4 is 0 Å². The van der Waals surface area contributed by atoms with E-state index in [2.05, 4.69) is 50.8 Å². The summed E-state index contributed by atoms with van der Waals surface area (Å²) < 4.78 is 0. The summed E-state index contributed by atoms with van der Waals surface area (Å²) in [4.78, 5) is 2.58. The Bertz CT molecular complexity index is 276. The number of nitriles is 1. The van der Waals surface area contributed by atoms with Gasteiger partial charge in [-0.2, -0.15) is 5.26 Å². The van der Waals surface area contributed by atoms with Gasteiger partial charge in [0.25, 0.3) is 0 Å². The number of hydrogen-bond donors (Lipinski definition) is 0. The minimum Gasteiger partial charge on any atom is -0.296 e. The molecule has 96 valence electrons. The highest BCUT2D eigenvalue weighted by molar-refractivity contribution is 5.09. The second kappa shape index (κ2) is 6.81. The van der Waals surface area contributed by atoms with E-state index in [1.54, 1.807) is 0 Å². The molecule has 0 aromatic carbocycles. The quantitative estimate of drug-likeness (QED) is 0.681. The molecule has 2 nitrogen and oxygen atoms in total. The Morgan fingerprint density at radius 1 is 1.12 bits per heavy atom. The molecular formula is C15H26N2. The van der Waals surface area contributed by atoms with E-state index in [1.807, 2.05) is 0 Å². The van der Waals surface area contributed by atoms with Crippen molar-refractivity contribution in [3.05, 3.63) is 12.2 Å². The van der Waals surface area contributed by atoms with Crippen LogP contribution in [0.5, 0.6) is 0 Å². The molecule has 0 amide bonds. The highest BCUT2D eigenvalue weighted by atomic mass is 15.2. The zero-order valence-electron chi connectivity index (χ0n) is 11.7. The highest BCUT2D eigenvalue weighted by Gasteiger charge is 2.22. The van der Waals surface area contributed by atoms with Crippen molar-refractivity contribution in [3.8, 4) is 6.07 Å². The van der Waals surface area contributed by atoms with Crippen molar-refractivity contribution in [2.45, 2.75) is 46.6 Å². The van der Waals surface area contributed by atoms with Gasteiger partial charge in [-0.25, -0.2) is 0 Å². The summed E-state index contributed by atoms with van der Waals surface area (Å²) >= 11 is 0. The van der Waals surface area contributed by atoms with E-state index in [0.717, 1.165) is 25.9 Å². The molecule has 1 aliphatic rings. The smallest absolute Gasteiger partial charge is 0.0697 e. The number of rotatable bonds is 5. The molecule has 2 heteroatoms. The molecule has 0 saturated carbocycles. The van der Waals surface area contributed by atoms with Crippen molar-refractivity contribution in [2.24, 2.45) is 17.8 Å². The van der Waals surface area contributed by atoms with Gasteiger partial charge in [0.1, 0.15) is 0 Å². The van der Waals surface area contributed by atoms with Gasteiger partial charge in [-0.1, -0.05) is 39.8 Å². The molecule has 0 bridgehead atoms. The van der Waals surface area contributed by atoms with Crippen molar-refractivity contribution in [1.29, 1.82) is 5.26 Å². The number of allylic oxidation sites excluding steroid dienone is 1. The van der Waals surface area contributed by atoms with E-state index in [-0.39, 0.29) is 5.92 Å². The van der Waals surface area contributed by atoms with Crippen LogP contribution in [0, 0.1) is 29.1 Å². The van der Waals surface area contributed by atoms with E-state index in [4.69, 9.17) is 5.26 Å². The summed E-state index contributed by atoms with van der Waals surface area (Å²) in [5, 5.41) is 8.89. The Morgan fingerprint density at radius 2 is 1.71 bits per heavy atom. The van der Waals surface area contributed by atoms with Crippen molar-refractivity contribution in [1.82, 2.24) is 4.90 Å². The average Bonchev–Trinajstić information content (AvgIpc) is 2.27. The van der Waals surface area contributed by atoms with E-state index < -0.39 is 0 Å². The van der Waals surface area contributed by atoms with Gasteiger partial charge in [-0.3, -0.25) is 4.90 Å². The van der Waals surface area contributed by atoms with Crippen LogP contribution in [0.25, 0.3) is 0 Å². The van der Waals surface area contributed by atoms with Crippen molar-refractivity contribution in [3.63, 3.8) is 0 Å². The van der Waals surface area contributed by atoms with Crippen LogP contribution in [0.15, 0.2) is 12.2 Å². The van der Waals surface area contributed by atoms with Crippen LogP contribution >= 0.6 is 0 Å². The van der Waals surface area contributed by atoms with Gasteiger partial charge in [-0.05, 0) is 24.7 Å². The first kappa shape index (κ1) is 14.3. The van der Waals surface area contributed by atoms with Gasteiger partial charge < -0.3 is 0 Å². The third-order valence-corrected chi connectivity index (χ3v) is 3.17. The first-order chi connectivity index (χ1) is 8.02. The molecule has 0 N–H and O–H groups in total. The average molecular weight is 234 g/mol. The fourth-order valence-corrected chi connectivity index (χ4v) is 2.50. The van der Waals surface area contributed by atoms with Crippen LogP contribution in [-0.4, -0.2) is 24.0 Å². The zero-order valence-corrected chi connectivity index (χ0v) is 11.7. The summed E-state index contributed by atoms with van der Waals surface area (Å²) in [6.45, 7) is 11.4. The predicted octanol–water partition coefficient (Wildman–Crippen LogP) is 3.46. The Kier molecular flexibility index (Phi) is 5.71. The molecule has 0 aromatic rings. The molecule has 0 spiro atoms. The van der Waals surface area contributed by atoms with Gasteiger partial charge >= 0.3 is 0 Å². The normalized spacial score (nSPS) is 24.6. The molecule has 1 aliphatic carbocycles. The second-order valence-corrected chi connectivity index (χ2v) is 6.01. The standard InChI is InChI=1S/C15H26N2/c1-12(2)10-17(11-13(3)4)15-7-5-14(9-16)6-8-15/h5,7,12-15H,6,8,10-11H2,1-4H3. The maximum Gasteiger partial charge on any atom is 0.0697 e. The Balaban J connectivity index is 2.61. The third-order valence-electron chi connectivity index (χ3n) is 3.17. The van der Waals surface area contributed by atoms with Gasteiger partial charge in [-0.15, -0.1) is 0 Å². The Hall–Kier alpha value is -0.810. The molecule has 0 fully saturated rings. The lowest BCUT2D eigenvalue weighted by Crippen LogP contribution is -2.40. The van der Waals surface area contributed by atoms with Crippen LogP contribution in [0.2, 0.25) is 0 Å². The monoisotopic (exact) mass is 234 g/mol. The van der Waals surface area contributed by atoms with Crippen LogP contribution in [0.4, 0.5) is 0 Å². The number of nitrogens with zero attached hydrogens (tertiary/aromatic N) is 2. The van der Waals surface area contributed by atoms with Crippen LogP contribution in [0.1, 0.15) is 40.5 Å². The lowest BCUT2D eigenvalue weighted by Gasteiger charge is -2.34. The molecule has 2 atom stereocenters. The zero-order chi connectivity index (χ0) is 12.8. The Morgan fingerprint density at radius 3 is 2.06 bits per heavy atom. The predicted molar refractivity (Wildman–Crippen MR) is 72.5 cm³/mol. The summed E-state index contributed by atoms with van der Waals surface area (Å²) in [5.41, 5.74) is 0. The minimum absolute atomic E-state index is 0.145. The molecule has 0 heterocycles. The van der Waals surface area contributed by atoms with Crippen molar-refractivity contribution < 1.29 is 0 Å². The van der Waals surface area contributed by atoms with Gasteiger partial charge in [0.2, 0.25) is 0 Å². The van der Waals surface area contributed by atoms with Crippen LogP contribution in [-0.2, 0) is 0 Å². The summed E-state index contributed by atoms with van der Waals surface area (Å²) in [6.07, 6.45) is 6.50. The van der Waals surface area contributed by atoms with Crippen LogP contribution < -0.4 is 0 Å². The Labute approximate surface area is 106 Å². The lowest BCUT2D eigenvalue weighted by atomic mass is 9.92. The first-order valence-corrected chi connectivity index (χ1v) is 6.85. The molecular weight excluding hydrogens is 208 g/mol. The van der Waals surface area contributed by atoms with E-state index in [9.17, 15) is 0 Å².